The molecule has 2 rings (SSSR count). The Morgan fingerprint density at radius 1 is 1.44 bits per heavy atom. The van der Waals surface area contributed by atoms with Crippen molar-refractivity contribution >= 4 is 27.4 Å². The minimum absolute atomic E-state index is 0.138. The number of benzene rings is 1. The van der Waals surface area contributed by atoms with Crippen molar-refractivity contribution < 1.29 is 4.79 Å². The minimum Gasteiger partial charge on any atom is -0.371 e. The van der Waals surface area contributed by atoms with Crippen LogP contribution in [0.5, 0.6) is 0 Å². The van der Waals surface area contributed by atoms with Gasteiger partial charge in [-0.15, -0.1) is 0 Å². The van der Waals surface area contributed by atoms with E-state index < -0.39 is 0 Å². The summed E-state index contributed by atoms with van der Waals surface area (Å²) in [6, 6.07) is 6.01. The largest absolute Gasteiger partial charge is 0.371 e. The van der Waals surface area contributed by atoms with Crippen molar-refractivity contribution in [3.8, 4) is 0 Å². The standard InChI is InChI=1S/C15H20BrNO/c1-10(2)12-6-7-17(9-12)15-5-4-13(16)8-14(15)11(3)18/h4-5,8,10,12H,6-7,9H2,1-3H3. The average molecular weight is 310 g/mol. The van der Waals surface area contributed by atoms with Gasteiger partial charge in [-0.3, -0.25) is 4.79 Å². The molecule has 1 aromatic carbocycles. The van der Waals surface area contributed by atoms with Crippen LogP contribution < -0.4 is 4.90 Å². The molecule has 1 fully saturated rings. The van der Waals surface area contributed by atoms with E-state index in [1.54, 1.807) is 6.92 Å². The zero-order chi connectivity index (χ0) is 13.3. The number of halogens is 1. The molecule has 0 saturated carbocycles. The first-order valence-electron chi connectivity index (χ1n) is 6.54. The van der Waals surface area contributed by atoms with Gasteiger partial charge >= 0.3 is 0 Å². The van der Waals surface area contributed by atoms with Crippen LogP contribution in [0.2, 0.25) is 0 Å². The van der Waals surface area contributed by atoms with Gasteiger partial charge in [-0.25, -0.2) is 0 Å². The van der Waals surface area contributed by atoms with Gasteiger partial charge in [0.2, 0.25) is 0 Å². The molecule has 0 bridgehead atoms. The molecular weight excluding hydrogens is 290 g/mol. The van der Waals surface area contributed by atoms with Crippen LogP contribution >= 0.6 is 15.9 Å². The quantitative estimate of drug-likeness (QED) is 0.782. The Labute approximate surface area is 117 Å². The Morgan fingerprint density at radius 2 is 2.17 bits per heavy atom. The van der Waals surface area contributed by atoms with Crippen LogP contribution in [-0.4, -0.2) is 18.9 Å². The van der Waals surface area contributed by atoms with Crippen LogP contribution in [0.25, 0.3) is 0 Å². The van der Waals surface area contributed by atoms with Gasteiger partial charge < -0.3 is 4.90 Å². The molecule has 3 heteroatoms. The number of anilines is 1. The van der Waals surface area contributed by atoms with E-state index in [0.717, 1.165) is 34.7 Å². The summed E-state index contributed by atoms with van der Waals surface area (Å²) in [4.78, 5) is 14.1. The summed E-state index contributed by atoms with van der Waals surface area (Å²) in [6.45, 7) is 8.33. The number of carbonyl (C=O) groups is 1. The molecule has 1 aromatic rings. The lowest BCUT2D eigenvalue weighted by Crippen LogP contribution is -2.23. The number of ketones is 1. The molecule has 1 aliphatic heterocycles. The van der Waals surface area contributed by atoms with Gasteiger partial charge in [0.25, 0.3) is 0 Å². The summed E-state index contributed by atoms with van der Waals surface area (Å²) in [7, 11) is 0. The van der Waals surface area contributed by atoms with Gasteiger partial charge in [-0.05, 0) is 43.4 Å². The molecule has 0 spiro atoms. The first-order valence-corrected chi connectivity index (χ1v) is 7.33. The highest BCUT2D eigenvalue weighted by atomic mass is 79.9. The van der Waals surface area contributed by atoms with Crippen molar-refractivity contribution in [3.05, 3.63) is 28.2 Å². The Bertz CT molecular complexity index is 456. The summed E-state index contributed by atoms with van der Waals surface area (Å²) in [5.41, 5.74) is 1.92. The van der Waals surface area contributed by atoms with Crippen LogP contribution in [0.4, 0.5) is 5.69 Å². The molecular formula is C15H20BrNO. The highest BCUT2D eigenvalue weighted by Crippen LogP contribution is 2.32. The van der Waals surface area contributed by atoms with Crippen molar-refractivity contribution in [2.75, 3.05) is 18.0 Å². The first-order chi connectivity index (χ1) is 8.49. The number of hydrogen-bond donors (Lipinski definition) is 0. The van der Waals surface area contributed by atoms with E-state index in [2.05, 4.69) is 40.7 Å². The van der Waals surface area contributed by atoms with Gasteiger partial charge in [0.1, 0.15) is 0 Å². The lowest BCUT2D eigenvalue weighted by Gasteiger charge is -2.22. The predicted octanol–water partition coefficient (Wildman–Crippen LogP) is 4.13. The van der Waals surface area contributed by atoms with Gasteiger partial charge in [0, 0.05) is 28.8 Å². The third-order valence-corrected chi connectivity index (χ3v) is 4.34. The zero-order valence-corrected chi connectivity index (χ0v) is 12.8. The number of rotatable bonds is 3. The third-order valence-electron chi connectivity index (χ3n) is 3.85. The zero-order valence-electron chi connectivity index (χ0n) is 11.2. The molecule has 0 radical (unpaired) electrons. The van der Waals surface area contributed by atoms with Crippen LogP contribution in [0, 0.1) is 11.8 Å². The maximum absolute atomic E-state index is 11.7. The molecule has 0 aliphatic carbocycles. The van der Waals surface area contributed by atoms with Crippen molar-refractivity contribution in [2.24, 2.45) is 11.8 Å². The molecule has 0 amide bonds. The molecule has 1 unspecified atom stereocenters. The second-order valence-corrected chi connectivity index (χ2v) is 6.37. The van der Waals surface area contributed by atoms with Gasteiger partial charge in [-0.2, -0.15) is 0 Å². The summed E-state index contributed by atoms with van der Waals surface area (Å²) < 4.78 is 0.969. The van der Waals surface area contributed by atoms with E-state index in [1.807, 2.05) is 12.1 Å². The lowest BCUT2D eigenvalue weighted by atomic mass is 9.95. The van der Waals surface area contributed by atoms with E-state index in [-0.39, 0.29) is 5.78 Å². The predicted molar refractivity (Wildman–Crippen MR) is 79.3 cm³/mol. The average Bonchev–Trinajstić information content (AvgIpc) is 2.78. The maximum atomic E-state index is 11.7. The van der Waals surface area contributed by atoms with Crippen LogP contribution in [0.1, 0.15) is 37.6 Å². The first kappa shape index (κ1) is 13.6. The van der Waals surface area contributed by atoms with E-state index in [9.17, 15) is 4.79 Å². The number of carbonyl (C=O) groups excluding carboxylic acids is 1. The Balaban J connectivity index is 2.27. The topological polar surface area (TPSA) is 20.3 Å². The fourth-order valence-corrected chi connectivity index (χ4v) is 2.98. The monoisotopic (exact) mass is 309 g/mol. The fraction of sp³-hybridized carbons (Fsp3) is 0.533. The second kappa shape index (κ2) is 5.43. The Hall–Kier alpha value is -0.830. The fourth-order valence-electron chi connectivity index (χ4n) is 2.62. The molecule has 0 N–H and O–H groups in total. The van der Waals surface area contributed by atoms with Crippen molar-refractivity contribution in [1.82, 2.24) is 0 Å². The van der Waals surface area contributed by atoms with Crippen LogP contribution in [0.3, 0.4) is 0 Å². The SMILES string of the molecule is CC(=O)c1cc(Br)ccc1N1CCC(C(C)C)C1. The summed E-state index contributed by atoms with van der Waals surface area (Å²) in [5, 5.41) is 0. The van der Waals surface area contributed by atoms with Gasteiger partial charge in [-0.1, -0.05) is 29.8 Å². The van der Waals surface area contributed by atoms with Gasteiger partial charge in [0.05, 0.1) is 0 Å². The number of Topliss-reactive ketones (excluding diaryl/α,β-unsaturated/α-hetero) is 1. The summed E-state index contributed by atoms with van der Waals surface area (Å²) in [6.07, 6.45) is 1.23. The second-order valence-electron chi connectivity index (χ2n) is 5.46. The van der Waals surface area contributed by atoms with Crippen LogP contribution in [-0.2, 0) is 0 Å². The van der Waals surface area contributed by atoms with Crippen molar-refractivity contribution in [3.63, 3.8) is 0 Å². The summed E-state index contributed by atoms with van der Waals surface area (Å²) in [5.74, 6) is 1.60. The smallest absolute Gasteiger partial charge is 0.161 e. The molecule has 0 aromatic heterocycles. The van der Waals surface area contributed by atoms with Gasteiger partial charge in [0.15, 0.2) is 5.78 Å². The highest BCUT2D eigenvalue weighted by molar-refractivity contribution is 9.10. The molecule has 98 valence electrons. The van der Waals surface area contributed by atoms with E-state index in [4.69, 9.17) is 0 Å². The summed E-state index contributed by atoms with van der Waals surface area (Å²) >= 11 is 3.44. The number of nitrogens with zero attached hydrogens (tertiary/aromatic N) is 1. The maximum Gasteiger partial charge on any atom is 0.161 e. The number of hydrogen-bond acceptors (Lipinski definition) is 2. The Morgan fingerprint density at radius 3 is 2.72 bits per heavy atom. The van der Waals surface area contributed by atoms with Crippen molar-refractivity contribution in [2.45, 2.75) is 27.2 Å². The highest BCUT2D eigenvalue weighted by Gasteiger charge is 2.26. The van der Waals surface area contributed by atoms with E-state index in [1.165, 1.54) is 6.42 Å². The molecule has 1 atom stereocenters. The molecule has 2 nitrogen and oxygen atoms in total. The minimum atomic E-state index is 0.138. The Kier molecular flexibility index (Phi) is 4.10. The lowest BCUT2D eigenvalue weighted by molar-refractivity contribution is 0.101. The molecule has 1 heterocycles. The normalized spacial score (nSPS) is 19.6. The van der Waals surface area contributed by atoms with Crippen LogP contribution in [0.15, 0.2) is 22.7 Å². The van der Waals surface area contributed by atoms with E-state index >= 15 is 0 Å². The molecule has 18 heavy (non-hydrogen) atoms. The third kappa shape index (κ3) is 2.77. The molecule has 1 saturated heterocycles. The van der Waals surface area contributed by atoms with Crippen molar-refractivity contribution in [1.29, 1.82) is 0 Å². The molecule has 1 aliphatic rings. The van der Waals surface area contributed by atoms with E-state index in [0.29, 0.717) is 5.92 Å².